The predicted molar refractivity (Wildman–Crippen MR) is 90.3 cm³/mol. The molecule has 1 aromatic carbocycles. The first-order chi connectivity index (χ1) is 11.7. The fraction of sp³-hybridized carbons (Fsp3) is 0.353. The van der Waals surface area contributed by atoms with E-state index in [-0.39, 0.29) is 29.6 Å². The lowest BCUT2D eigenvalue weighted by atomic mass is 9.98. The highest BCUT2D eigenvalue weighted by Crippen LogP contribution is 2.27. The van der Waals surface area contributed by atoms with Gasteiger partial charge in [-0.3, -0.25) is 9.69 Å². The lowest BCUT2D eigenvalue weighted by Crippen LogP contribution is -2.48. The summed E-state index contributed by atoms with van der Waals surface area (Å²) in [6.07, 6.45) is 2.76. The molecule has 0 unspecified atom stereocenters. The Bertz CT molecular complexity index is 694. The Morgan fingerprint density at radius 1 is 1.33 bits per heavy atom. The second-order valence-electron chi connectivity index (χ2n) is 5.75. The third-order valence-corrected chi connectivity index (χ3v) is 4.15. The molecule has 126 valence electrons. The molecule has 7 nitrogen and oxygen atoms in total. The molecule has 0 saturated carbocycles. The third kappa shape index (κ3) is 3.52. The van der Waals surface area contributed by atoms with Gasteiger partial charge in [-0.25, -0.2) is 9.97 Å². The summed E-state index contributed by atoms with van der Waals surface area (Å²) < 4.78 is 5.91. The molecule has 1 saturated heterocycles. The Morgan fingerprint density at radius 2 is 2.08 bits per heavy atom. The number of amides is 1. The highest BCUT2D eigenvalue weighted by Gasteiger charge is 2.31. The summed E-state index contributed by atoms with van der Waals surface area (Å²) in [5, 5.41) is 2.86. The quantitative estimate of drug-likeness (QED) is 0.865. The van der Waals surface area contributed by atoms with Crippen molar-refractivity contribution in [2.45, 2.75) is 12.1 Å². The van der Waals surface area contributed by atoms with Gasteiger partial charge in [-0.05, 0) is 12.6 Å². The summed E-state index contributed by atoms with van der Waals surface area (Å²) in [6.45, 7) is 1.85. The average Bonchev–Trinajstić information content (AvgIpc) is 2.61. The molecule has 24 heavy (non-hydrogen) atoms. The van der Waals surface area contributed by atoms with E-state index in [1.54, 1.807) is 0 Å². The molecule has 2 heterocycles. The number of nitrogen functional groups attached to an aromatic ring is 1. The molecular weight excluding hydrogens is 306 g/mol. The lowest BCUT2D eigenvalue weighted by Gasteiger charge is -2.39. The van der Waals surface area contributed by atoms with E-state index in [2.05, 4.69) is 39.4 Å². The summed E-state index contributed by atoms with van der Waals surface area (Å²) in [6, 6.07) is 10.2. The van der Waals surface area contributed by atoms with Gasteiger partial charge in [-0.15, -0.1) is 0 Å². The van der Waals surface area contributed by atoms with Crippen LogP contribution in [-0.4, -0.2) is 53.6 Å². The number of likely N-dealkylation sites (N-methyl/N-ethyl adjacent to an activating group) is 1. The van der Waals surface area contributed by atoms with Crippen molar-refractivity contribution in [3.8, 4) is 0 Å². The van der Waals surface area contributed by atoms with E-state index in [1.807, 2.05) is 18.2 Å². The standard InChI is InChI=1S/C17H21N5O2/c1-22-9-10-24-13(15(22)12-5-3-2-4-6-12)11-21-17(23)14-16(18)20-8-7-19-14/h2-8,13,15H,9-11H2,1H3,(H2,18,20)(H,21,23)/t13-,15-/m0/s1. The molecule has 1 aliphatic rings. The Morgan fingerprint density at radius 3 is 2.83 bits per heavy atom. The molecule has 3 N–H and O–H groups in total. The van der Waals surface area contributed by atoms with Crippen molar-refractivity contribution in [3.63, 3.8) is 0 Å². The monoisotopic (exact) mass is 327 g/mol. The second kappa shape index (κ2) is 7.37. The molecule has 0 spiro atoms. The molecule has 0 aliphatic carbocycles. The van der Waals surface area contributed by atoms with Gasteiger partial charge >= 0.3 is 0 Å². The van der Waals surface area contributed by atoms with Crippen LogP contribution in [0.4, 0.5) is 5.82 Å². The van der Waals surface area contributed by atoms with E-state index in [0.717, 1.165) is 12.1 Å². The van der Waals surface area contributed by atoms with E-state index in [4.69, 9.17) is 10.5 Å². The highest BCUT2D eigenvalue weighted by molar-refractivity contribution is 5.96. The number of aromatic nitrogens is 2. The minimum absolute atomic E-state index is 0.0828. The molecular formula is C17H21N5O2. The summed E-state index contributed by atoms with van der Waals surface area (Å²) in [7, 11) is 2.07. The number of nitrogens with two attached hydrogens (primary N) is 1. The van der Waals surface area contributed by atoms with Crippen LogP contribution in [0.1, 0.15) is 22.1 Å². The first kappa shape index (κ1) is 16.4. The topological polar surface area (TPSA) is 93.4 Å². The number of carbonyl (C=O) groups excluding carboxylic acids is 1. The van der Waals surface area contributed by atoms with Gasteiger partial charge in [0.05, 0.1) is 18.8 Å². The summed E-state index contributed by atoms with van der Waals surface area (Å²) >= 11 is 0. The zero-order valence-corrected chi connectivity index (χ0v) is 13.6. The number of nitrogens with zero attached hydrogens (tertiary/aromatic N) is 3. The minimum Gasteiger partial charge on any atom is -0.382 e. The predicted octanol–water partition coefficient (Wildman–Crippen LogP) is 0.861. The SMILES string of the molecule is CN1CCO[C@@H](CNC(=O)c2nccnc2N)[C@@H]1c1ccccc1. The van der Waals surface area contributed by atoms with Crippen LogP contribution in [0.5, 0.6) is 0 Å². The Kier molecular flexibility index (Phi) is 5.02. The number of carbonyl (C=O) groups is 1. The van der Waals surface area contributed by atoms with Gasteiger partial charge in [-0.1, -0.05) is 30.3 Å². The van der Waals surface area contributed by atoms with Gasteiger partial charge < -0.3 is 15.8 Å². The Balaban J connectivity index is 1.71. The van der Waals surface area contributed by atoms with Crippen LogP contribution < -0.4 is 11.1 Å². The maximum Gasteiger partial charge on any atom is 0.273 e. The van der Waals surface area contributed by atoms with Crippen LogP contribution in [0.3, 0.4) is 0 Å². The Hall–Kier alpha value is -2.51. The largest absolute Gasteiger partial charge is 0.382 e. The average molecular weight is 327 g/mol. The van der Waals surface area contributed by atoms with Crippen LogP contribution in [0.15, 0.2) is 42.7 Å². The molecule has 1 aliphatic heterocycles. The molecule has 1 fully saturated rings. The normalized spacial score (nSPS) is 21.4. The molecule has 1 amide bonds. The maximum atomic E-state index is 12.3. The van der Waals surface area contributed by atoms with E-state index in [9.17, 15) is 4.79 Å². The van der Waals surface area contributed by atoms with Crippen molar-refractivity contribution in [1.29, 1.82) is 0 Å². The number of anilines is 1. The van der Waals surface area contributed by atoms with Gasteiger partial charge in [0.25, 0.3) is 5.91 Å². The van der Waals surface area contributed by atoms with Crippen molar-refractivity contribution in [2.24, 2.45) is 0 Å². The molecule has 2 atom stereocenters. The molecule has 1 aromatic heterocycles. The number of benzene rings is 1. The lowest BCUT2D eigenvalue weighted by molar-refractivity contribution is -0.0605. The number of hydrogen-bond acceptors (Lipinski definition) is 6. The third-order valence-electron chi connectivity index (χ3n) is 4.15. The molecule has 0 bridgehead atoms. The Labute approximate surface area is 140 Å². The summed E-state index contributed by atoms with van der Waals surface area (Å²) in [5.41, 5.74) is 7.00. The highest BCUT2D eigenvalue weighted by atomic mass is 16.5. The van der Waals surface area contributed by atoms with Crippen molar-refractivity contribution >= 4 is 11.7 Å². The zero-order valence-electron chi connectivity index (χ0n) is 13.6. The van der Waals surface area contributed by atoms with Crippen molar-refractivity contribution in [3.05, 3.63) is 54.0 Å². The molecule has 0 radical (unpaired) electrons. The van der Waals surface area contributed by atoms with E-state index in [0.29, 0.717) is 13.2 Å². The smallest absolute Gasteiger partial charge is 0.273 e. The van der Waals surface area contributed by atoms with Gasteiger partial charge in [0.2, 0.25) is 0 Å². The number of rotatable bonds is 4. The number of ether oxygens (including phenoxy) is 1. The fourth-order valence-electron chi connectivity index (χ4n) is 2.95. The first-order valence-electron chi connectivity index (χ1n) is 7.88. The van der Waals surface area contributed by atoms with Gasteiger partial charge in [0.1, 0.15) is 0 Å². The van der Waals surface area contributed by atoms with E-state index >= 15 is 0 Å². The van der Waals surface area contributed by atoms with Crippen LogP contribution >= 0.6 is 0 Å². The van der Waals surface area contributed by atoms with Gasteiger partial charge in [0, 0.05) is 25.5 Å². The maximum absolute atomic E-state index is 12.3. The number of morpholine rings is 1. The summed E-state index contributed by atoms with van der Waals surface area (Å²) in [5.74, 6) is -0.222. The minimum atomic E-state index is -0.343. The van der Waals surface area contributed by atoms with Crippen LogP contribution in [0.25, 0.3) is 0 Å². The second-order valence-corrected chi connectivity index (χ2v) is 5.75. The van der Waals surface area contributed by atoms with E-state index in [1.165, 1.54) is 12.4 Å². The van der Waals surface area contributed by atoms with Crippen LogP contribution in [0, 0.1) is 0 Å². The van der Waals surface area contributed by atoms with Crippen LogP contribution in [-0.2, 0) is 4.74 Å². The van der Waals surface area contributed by atoms with Crippen molar-refractivity contribution < 1.29 is 9.53 Å². The fourth-order valence-corrected chi connectivity index (χ4v) is 2.95. The number of nitrogens with one attached hydrogen (secondary N) is 1. The molecule has 2 aromatic rings. The van der Waals surface area contributed by atoms with Gasteiger partial charge in [-0.2, -0.15) is 0 Å². The zero-order chi connectivity index (χ0) is 16.9. The van der Waals surface area contributed by atoms with E-state index < -0.39 is 0 Å². The molecule has 3 rings (SSSR count). The van der Waals surface area contributed by atoms with Gasteiger partial charge in [0.15, 0.2) is 11.5 Å². The first-order valence-corrected chi connectivity index (χ1v) is 7.88. The summed E-state index contributed by atoms with van der Waals surface area (Å²) in [4.78, 5) is 22.4. The molecule has 7 heteroatoms. The van der Waals surface area contributed by atoms with Crippen molar-refractivity contribution in [1.82, 2.24) is 20.2 Å². The van der Waals surface area contributed by atoms with Crippen molar-refractivity contribution in [2.75, 3.05) is 32.5 Å². The number of hydrogen-bond donors (Lipinski definition) is 2. The van der Waals surface area contributed by atoms with Crippen LogP contribution in [0.2, 0.25) is 0 Å².